The van der Waals surface area contributed by atoms with E-state index < -0.39 is 0 Å². The largest absolute Gasteiger partial charge is 0.508 e. The third-order valence-corrected chi connectivity index (χ3v) is 4.89. The highest BCUT2D eigenvalue weighted by Crippen LogP contribution is 2.52. The van der Waals surface area contributed by atoms with Crippen molar-refractivity contribution < 1.29 is 9.90 Å². The number of nitrogens with two attached hydrogens (primary N) is 1. The molecule has 0 bridgehead atoms. The van der Waals surface area contributed by atoms with Gasteiger partial charge in [0.1, 0.15) is 5.75 Å². The Morgan fingerprint density at radius 2 is 1.85 bits per heavy atom. The van der Waals surface area contributed by atoms with Gasteiger partial charge in [-0.05, 0) is 18.2 Å². The molecule has 0 saturated heterocycles. The predicted octanol–water partition coefficient (Wildman–Crippen LogP) is 2.54. The van der Waals surface area contributed by atoms with Crippen molar-refractivity contribution in [3.05, 3.63) is 28.8 Å². The highest BCUT2D eigenvalue weighted by atomic mass is 35.5. The van der Waals surface area contributed by atoms with Crippen LogP contribution < -0.4 is 11.1 Å². The van der Waals surface area contributed by atoms with Gasteiger partial charge in [0.25, 0.3) is 5.91 Å². The fourth-order valence-corrected chi connectivity index (χ4v) is 3.65. The summed E-state index contributed by atoms with van der Waals surface area (Å²) in [6, 6.07) is 4.30. The highest BCUT2D eigenvalue weighted by Gasteiger charge is 2.60. The molecule has 110 valence electrons. The van der Waals surface area contributed by atoms with Crippen molar-refractivity contribution in [3.8, 4) is 5.75 Å². The molecule has 2 rings (SSSR count). The first kappa shape index (κ1) is 15.1. The van der Waals surface area contributed by atoms with Crippen LogP contribution in [0.1, 0.15) is 38.1 Å². The third-order valence-electron chi connectivity index (χ3n) is 4.56. The van der Waals surface area contributed by atoms with Gasteiger partial charge in [0.05, 0.1) is 10.6 Å². The fraction of sp³-hybridized carbons (Fsp3) is 0.533. The number of nitrogens with one attached hydrogen (secondary N) is 1. The van der Waals surface area contributed by atoms with Gasteiger partial charge in [-0.15, -0.1) is 0 Å². The second-order valence-electron chi connectivity index (χ2n) is 6.69. The Kier molecular flexibility index (Phi) is 3.51. The molecule has 0 atom stereocenters. The van der Waals surface area contributed by atoms with E-state index in [9.17, 15) is 9.90 Å². The second kappa shape index (κ2) is 4.64. The smallest absolute Gasteiger partial charge is 0.253 e. The molecular weight excluding hydrogens is 276 g/mol. The first-order valence-electron chi connectivity index (χ1n) is 6.63. The van der Waals surface area contributed by atoms with E-state index in [-0.39, 0.29) is 40.1 Å². The molecule has 1 saturated carbocycles. The molecule has 1 fully saturated rings. The van der Waals surface area contributed by atoms with E-state index in [0.717, 1.165) is 0 Å². The molecule has 0 radical (unpaired) electrons. The summed E-state index contributed by atoms with van der Waals surface area (Å²) in [7, 11) is 0. The quantitative estimate of drug-likeness (QED) is 0.785. The molecule has 0 aliphatic heterocycles. The van der Waals surface area contributed by atoms with Crippen molar-refractivity contribution in [1.82, 2.24) is 5.32 Å². The molecule has 1 amide bonds. The number of carbonyl (C=O) groups excluding carboxylic acids is 1. The van der Waals surface area contributed by atoms with Crippen LogP contribution in [0, 0.1) is 10.8 Å². The van der Waals surface area contributed by atoms with Crippen LogP contribution >= 0.6 is 11.6 Å². The average Bonchev–Trinajstić information content (AvgIpc) is 2.37. The van der Waals surface area contributed by atoms with E-state index in [1.54, 1.807) is 0 Å². The number of benzene rings is 1. The number of carbonyl (C=O) groups is 1. The number of hydrogen-bond donors (Lipinski definition) is 3. The number of rotatable bonds is 2. The Balaban J connectivity index is 2.22. The minimum Gasteiger partial charge on any atom is -0.508 e. The molecular formula is C15H21ClN2O2. The van der Waals surface area contributed by atoms with Crippen LogP contribution in [0.2, 0.25) is 5.02 Å². The first-order chi connectivity index (χ1) is 9.08. The van der Waals surface area contributed by atoms with Crippen LogP contribution in [-0.2, 0) is 0 Å². The van der Waals surface area contributed by atoms with Gasteiger partial charge >= 0.3 is 0 Å². The SMILES string of the molecule is CC1(C)C(N)C(C)(C)C1NC(=O)c1cc(O)ccc1Cl. The monoisotopic (exact) mass is 296 g/mol. The number of aromatic hydroxyl groups is 1. The van der Waals surface area contributed by atoms with E-state index in [1.807, 2.05) is 27.7 Å². The summed E-state index contributed by atoms with van der Waals surface area (Å²) in [6.45, 7) is 8.16. The number of phenols is 1. The Hall–Kier alpha value is -1.26. The van der Waals surface area contributed by atoms with Gasteiger partial charge in [-0.1, -0.05) is 39.3 Å². The number of hydrogen-bond acceptors (Lipinski definition) is 3. The zero-order valence-electron chi connectivity index (χ0n) is 12.2. The van der Waals surface area contributed by atoms with Crippen molar-refractivity contribution in [1.29, 1.82) is 0 Å². The lowest BCUT2D eigenvalue weighted by atomic mass is 9.48. The van der Waals surface area contributed by atoms with Gasteiger partial charge in [-0.2, -0.15) is 0 Å². The fourth-order valence-electron chi connectivity index (χ4n) is 3.45. The highest BCUT2D eigenvalue weighted by molar-refractivity contribution is 6.33. The minimum atomic E-state index is -0.288. The van der Waals surface area contributed by atoms with Gasteiger partial charge in [0.15, 0.2) is 0 Å². The summed E-state index contributed by atoms with van der Waals surface area (Å²) in [5.74, 6) is -0.271. The molecule has 1 aliphatic carbocycles. The Bertz CT molecular complexity index is 539. The summed E-state index contributed by atoms with van der Waals surface area (Å²) < 4.78 is 0. The van der Waals surface area contributed by atoms with Crippen LogP contribution in [0.4, 0.5) is 0 Å². The molecule has 20 heavy (non-hydrogen) atoms. The normalized spacial score (nSPS) is 26.7. The van der Waals surface area contributed by atoms with Crippen molar-refractivity contribution in [2.24, 2.45) is 16.6 Å². The molecule has 1 aromatic carbocycles. The van der Waals surface area contributed by atoms with E-state index in [2.05, 4.69) is 5.32 Å². The van der Waals surface area contributed by atoms with Gasteiger partial charge in [-0.25, -0.2) is 0 Å². The predicted molar refractivity (Wildman–Crippen MR) is 79.9 cm³/mol. The summed E-state index contributed by atoms with van der Waals surface area (Å²) >= 11 is 6.01. The van der Waals surface area contributed by atoms with Crippen LogP contribution in [0.3, 0.4) is 0 Å². The molecule has 1 aliphatic rings. The lowest BCUT2D eigenvalue weighted by Gasteiger charge is -2.62. The summed E-state index contributed by atoms with van der Waals surface area (Å²) in [5, 5.41) is 12.8. The lowest BCUT2D eigenvalue weighted by Crippen LogP contribution is -2.76. The molecule has 0 heterocycles. The zero-order chi connectivity index (χ0) is 15.3. The molecule has 4 nitrogen and oxygen atoms in total. The van der Waals surface area contributed by atoms with Crippen molar-refractivity contribution in [2.75, 3.05) is 0 Å². The van der Waals surface area contributed by atoms with E-state index in [0.29, 0.717) is 5.02 Å². The van der Waals surface area contributed by atoms with Crippen LogP contribution in [0.25, 0.3) is 0 Å². The molecule has 5 heteroatoms. The Labute approximate surface area is 124 Å². The maximum atomic E-state index is 12.4. The van der Waals surface area contributed by atoms with Crippen LogP contribution in [-0.4, -0.2) is 23.1 Å². The maximum absolute atomic E-state index is 12.4. The number of amides is 1. The first-order valence-corrected chi connectivity index (χ1v) is 7.01. The standard InChI is InChI=1S/C15H21ClN2O2/c1-14(2)12(17)15(3,4)13(14)18-11(20)9-7-8(19)5-6-10(9)16/h5-7,12-13,19H,17H2,1-4H3,(H,18,20). The van der Waals surface area contributed by atoms with Crippen molar-refractivity contribution >= 4 is 17.5 Å². The molecule has 4 N–H and O–H groups in total. The molecule has 0 spiro atoms. The van der Waals surface area contributed by atoms with Gasteiger partial charge in [0.2, 0.25) is 0 Å². The van der Waals surface area contributed by atoms with E-state index >= 15 is 0 Å². The zero-order valence-corrected chi connectivity index (χ0v) is 13.0. The van der Waals surface area contributed by atoms with E-state index in [4.69, 9.17) is 17.3 Å². The Morgan fingerprint density at radius 3 is 2.40 bits per heavy atom. The van der Waals surface area contributed by atoms with Crippen molar-refractivity contribution in [3.63, 3.8) is 0 Å². The summed E-state index contributed by atoms with van der Waals surface area (Å²) in [6.07, 6.45) is 0. The van der Waals surface area contributed by atoms with Crippen LogP contribution in [0.15, 0.2) is 18.2 Å². The maximum Gasteiger partial charge on any atom is 0.253 e. The summed E-state index contributed by atoms with van der Waals surface area (Å²) in [4.78, 5) is 12.4. The van der Waals surface area contributed by atoms with Gasteiger partial charge in [0, 0.05) is 22.9 Å². The Morgan fingerprint density at radius 1 is 1.30 bits per heavy atom. The third kappa shape index (κ3) is 2.17. The molecule has 1 aromatic rings. The topological polar surface area (TPSA) is 75.3 Å². The molecule has 0 aromatic heterocycles. The minimum absolute atomic E-state index is 0.0138. The van der Waals surface area contributed by atoms with Crippen LogP contribution in [0.5, 0.6) is 5.75 Å². The lowest BCUT2D eigenvalue weighted by molar-refractivity contribution is -0.0663. The van der Waals surface area contributed by atoms with Crippen molar-refractivity contribution in [2.45, 2.75) is 39.8 Å². The van der Waals surface area contributed by atoms with E-state index in [1.165, 1.54) is 18.2 Å². The van der Waals surface area contributed by atoms with Gasteiger partial charge in [-0.3, -0.25) is 4.79 Å². The molecule has 0 unspecified atom stereocenters. The number of halogens is 1. The van der Waals surface area contributed by atoms with Gasteiger partial charge < -0.3 is 16.2 Å². The average molecular weight is 297 g/mol. The summed E-state index contributed by atoms with van der Waals surface area (Å²) in [5.41, 5.74) is 6.10. The number of phenolic OH excluding ortho intramolecular Hbond substituents is 1. The second-order valence-corrected chi connectivity index (χ2v) is 7.10.